The van der Waals surface area contributed by atoms with Crippen LogP contribution in [-0.2, 0) is 6.42 Å². The second-order valence-electron chi connectivity index (χ2n) is 4.59. The van der Waals surface area contributed by atoms with Crippen LogP contribution in [0.2, 0.25) is 5.02 Å². The Hall–Kier alpha value is -2.53. The summed E-state index contributed by atoms with van der Waals surface area (Å²) in [5.41, 5.74) is 6.80. The highest BCUT2D eigenvalue weighted by Crippen LogP contribution is 2.11. The number of benzene rings is 2. The van der Waals surface area contributed by atoms with E-state index in [0.717, 1.165) is 12.0 Å². The normalized spacial score (nSPS) is 9.91. The second kappa shape index (κ2) is 7.47. The Balaban J connectivity index is 1.87. The topological polar surface area (TPSA) is 70.2 Å². The van der Waals surface area contributed by atoms with Gasteiger partial charge in [0, 0.05) is 16.3 Å². The lowest BCUT2D eigenvalue weighted by molar-refractivity contribution is 0.0938. The highest BCUT2D eigenvalue weighted by Gasteiger charge is 2.07. The third kappa shape index (κ3) is 4.49. The molecule has 0 atom stereocenters. The van der Waals surface area contributed by atoms with Gasteiger partial charge in [0.2, 0.25) is 0 Å². The molecule has 5 nitrogen and oxygen atoms in total. The number of aryl methyl sites for hydroxylation is 1. The Morgan fingerprint density at radius 3 is 2.45 bits per heavy atom. The van der Waals surface area contributed by atoms with E-state index in [9.17, 15) is 9.59 Å². The lowest BCUT2D eigenvalue weighted by Gasteiger charge is -2.09. The Bertz CT molecular complexity index is 671. The Labute approximate surface area is 133 Å². The van der Waals surface area contributed by atoms with Gasteiger partial charge in [-0.05, 0) is 48.4 Å². The summed E-state index contributed by atoms with van der Waals surface area (Å²) < 4.78 is 0. The van der Waals surface area contributed by atoms with Gasteiger partial charge < -0.3 is 5.32 Å². The van der Waals surface area contributed by atoms with E-state index in [2.05, 4.69) is 16.2 Å². The standard InChI is InChI=1S/C16H16ClN3O2/c1-2-11-4-3-5-14(10-11)18-16(22)20-19-15(21)12-6-8-13(17)9-7-12/h3-10H,2H2,1H3,(H,19,21)(H2,18,20,22). The first kappa shape index (κ1) is 15.9. The van der Waals surface area contributed by atoms with Crippen LogP contribution in [0.15, 0.2) is 48.5 Å². The van der Waals surface area contributed by atoms with Crippen molar-refractivity contribution in [2.75, 3.05) is 5.32 Å². The lowest BCUT2D eigenvalue weighted by Crippen LogP contribution is -2.43. The van der Waals surface area contributed by atoms with Crippen molar-refractivity contribution in [3.05, 3.63) is 64.7 Å². The summed E-state index contributed by atoms with van der Waals surface area (Å²) in [6.07, 6.45) is 0.879. The number of rotatable bonds is 3. The molecule has 2 rings (SSSR count). The molecule has 0 saturated carbocycles. The molecule has 0 unspecified atom stereocenters. The molecule has 0 aliphatic heterocycles. The van der Waals surface area contributed by atoms with Gasteiger partial charge in [-0.1, -0.05) is 30.7 Å². The van der Waals surface area contributed by atoms with E-state index in [1.54, 1.807) is 30.3 Å². The van der Waals surface area contributed by atoms with E-state index in [0.29, 0.717) is 16.3 Å². The first-order valence-electron chi connectivity index (χ1n) is 6.80. The number of hydrogen-bond acceptors (Lipinski definition) is 2. The summed E-state index contributed by atoms with van der Waals surface area (Å²) in [5.74, 6) is -0.422. The van der Waals surface area contributed by atoms with Crippen molar-refractivity contribution in [1.82, 2.24) is 10.9 Å². The van der Waals surface area contributed by atoms with Gasteiger partial charge in [-0.3, -0.25) is 10.2 Å². The maximum absolute atomic E-state index is 11.8. The van der Waals surface area contributed by atoms with E-state index >= 15 is 0 Å². The molecule has 114 valence electrons. The zero-order chi connectivity index (χ0) is 15.9. The van der Waals surface area contributed by atoms with Gasteiger partial charge in [0.25, 0.3) is 5.91 Å². The quantitative estimate of drug-likeness (QED) is 0.760. The van der Waals surface area contributed by atoms with Crippen LogP contribution in [0.25, 0.3) is 0 Å². The average Bonchev–Trinajstić information content (AvgIpc) is 2.53. The summed E-state index contributed by atoms with van der Waals surface area (Å²) in [7, 11) is 0. The molecule has 0 radical (unpaired) electrons. The van der Waals surface area contributed by atoms with Gasteiger partial charge in [0.1, 0.15) is 0 Å². The molecule has 0 aromatic heterocycles. The maximum atomic E-state index is 11.8. The predicted molar refractivity (Wildman–Crippen MR) is 86.9 cm³/mol. The van der Waals surface area contributed by atoms with Crippen molar-refractivity contribution in [1.29, 1.82) is 0 Å². The van der Waals surface area contributed by atoms with Gasteiger partial charge in [0.05, 0.1) is 0 Å². The highest BCUT2D eigenvalue weighted by molar-refractivity contribution is 6.30. The molecule has 2 aromatic carbocycles. The van der Waals surface area contributed by atoms with Crippen molar-refractivity contribution in [2.24, 2.45) is 0 Å². The molecule has 0 fully saturated rings. The molecular weight excluding hydrogens is 302 g/mol. The number of hydrogen-bond donors (Lipinski definition) is 3. The fraction of sp³-hybridized carbons (Fsp3) is 0.125. The van der Waals surface area contributed by atoms with Crippen LogP contribution in [0.5, 0.6) is 0 Å². The molecule has 0 aliphatic rings. The summed E-state index contributed by atoms with van der Waals surface area (Å²) in [4.78, 5) is 23.6. The number of hydrazine groups is 1. The molecule has 3 amide bonds. The minimum atomic E-state index is -0.518. The van der Waals surface area contributed by atoms with Crippen molar-refractivity contribution in [3.63, 3.8) is 0 Å². The Morgan fingerprint density at radius 2 is 1.77 bits per heavy atom. The van der Waals surface area contributed by atoms with Crippen LogP contribution in [0.3, 0.4) is 0 Å². The molecular formula is C16H16ClN3O2. The van der Waals surface area contributed by atoms with E-state index < -0.39 is 11.9 Å². The number of amides is 3. The largest absolute Gasteiger partial charge is 0.337 e. The minimum absolute atomic E-state index is 0.401. The molecule has 2 aromatic rings. The van der Waals surface area contributed by atoms with E-state index in [1.165, 1.54) is 0 Å². The molecule has 3 N–H and O–H groups in total. The Morgan fingerprint density at radius 1 is 1.05 bits per heavy atom. The van der Waals surface area contributed by atoms with Crippen LogP contribution in [0.1, 0.15) is 22.8 Å². The van der Waals surface area contributed by atoms with Crippen LogP contribution in [-0.4, -0.2) is 11.9 Å². The molecule has 0 spiro atoms. The summed E-state index contributed by atoms with van der Waals surface area (Å²) in [5, 5.41) is 3.19. The number of carbonyl (C=O) groups excluding carboxylic acids is 2. The van der Waals surface area contributed by atoms with Gasteiger partial charge in [-0.25, -0.2) is 10.2 Å². The molecule has 6 heteroatoms. The summed E-state index contributed by atoms with van der Waals surface area (Å²) in [6.45, 7) is 2.03. The monoisotopic (exact) mass is 317 g/mol. The van der Waals surface area contributed by atoms with Crippen molar-refractivity contribution in [3.8, 4) is 0 Å². The molecule has 0 heterocycles. The van der Waals surface area contributed by atoms with E-state index in [4.69, 9.17) is 11.6 Å². The van der Waals surface area contributed by atoms with Crippen molar-refractivity contribution < 1.29 is 9.59 Å². The molecule has 0 bridgehead atoms. The highest BCUT2D eigenvalue weighted by atomic mass is 35.5. The SMILES string of the molecule is CCc1cccc(NC(=O)NNC(=O)c2ccc(Cl)cc2)c1. The van der Waals surface area contributed by atoms with E-state index in [-0.39, 0.29) is 0 Å². The zero-order valence-electron chi connectivity index (χ0n) is 12.0. The van der Waals surface area contributed by atoms with Gasteiger partial charge in [-0.2, -0.15) is 0 Å². The smallest absolute Gasteiger partial charge is 0.307 e. The second-order valence-corrected chi connectivity index (χ2v) is 5.03. The third-order valence-corrected chi connectivity index (χ3v) is 3.24. The molecule has 0 saturated heterocycles. The zero-order valence-corrected chi connectivity index (χ0v) is 12.8. The third-order valence-electron chi connectivity index (χ3n) is 2.99. The fourth-order valence-electron chi connectivity index (χ4n) is 1.82. The number of nitrogens with one attached hydrogen (secondary N) is 3. The lowest BCUT2D eigenvalue weighted by atomic mass is 10.1. The fourth-order valence-corrected chi connectivity index (χ4v) is 1.94. The average molecular weight is 318 g/mol. The minimum Gasteiger partial charge on any atom is -0.307 e. The predicted octanol–water partition coefficient (Wildman–Crippen LogP) is 3.37. The number of carbonyl (C=O) groups is 2. The van der Waals surface area contributed by atoms with Crippen LogP contribution in [0.4, 0.5) is 10.5 Å². The maximum Gasteiger partial charge on any atom is 0.337 e. The number of urea groups is 1. The first-order valence-corrected chi connectivity index (χ1v) is 7.18. The molecule has 0 aliphatic carbocycles. The van der Waals surface area contributed by atoms with Gasteiger partial charge in [-0.15, -0.1) is 0 Å². The van der Waals surface area contributed by atoms with Crippen LogP contribution < -0.4 is 16.2 Å². The van der Waals surface area contributed by atoms with Gasteiger partial charge >= 0.3 is 6.03 Å². The molecule has 22 heavy (non-hydrogen) atoms. The Kier molecular flexibility index (Phi) is 5.38. The van der Waals surface area contributed by atoms with E-state index in [1.807, 2.05) is 25.1 Å². The van der Waals surface area contributed by atoms with Crippen molar-refractivity contribution >= 4 is 29.2 Å². The first-order chi connectivity index (χ1) is 10.6. The summed E-state index contributed by atoms with van der Waals surface area (Å²) >= 11 is 5.75. The summed E-state index contributed by atoms with van der Waals surface area (Å²) in [6, 6.07) is 13.3. The van der Waals surface area contributed by atoms with Crippen LogP contribution in [0, 0.1) is 0 Å². The number of anilines is 1. The van der Waals surface area contributed by atoms with Crippen LogP contribution >= 0.6 is 11.6 Å². The van der Waals surface area contributed by atoms with Gasteiger partial charge in [0.15, 0.2) is 0 Å². The number of halogens is 1. The van der Waals surface area contributed by atoms with Crippen molar-refractivity contribution in [2.45, 2.75) is 13.3 Å².